The molecule has 2 N–H and O–H groups in total. The monoisotopic (exact) mass is 544 g/mol. The molecule has 2 fully saturated rings. The Kier molecular flexibility index (Phi) is 11.8. The van der Waals surface area contributed by atoms with Crippen molar-refractivity contribution < 1.29 is 9.47 Å². The molecule has 6 nitrogen and oxygen atoms in total. The fourth-order valence-corrected chi connectivity index (χ4v) is 4.63. The van der Waals surface area contributed by atoms with Gasteiger partial charge in [-0.1, -0.05) is 25.3 Å². The van der Waals surface area contributed by atoms with Crippen molar-refractivity contribution in [1.29, 1.82) is 0 Å². The topological polar surface area (TPSA) is 58.1 Å². The molecule has 0 radical (unpaired) electrons. The summed E-state index contributed by atoms with van der Waals surface area (Å²) < 4.78 is 11.1. The van der Waals surface area contributed by atoms with E-state index < -0.39 is 0 Å². The first-order valence-corrected chi connectivity index (χ1v) is 11.8. The zero-order valence-electron chi connectivity index (χ0n) is 19.5. The molecule has 0 spiro atoms. The van der Waals surface area contributed by atoms with Crippen molar-refractivity contribution in [2.24, 2.45) is 4.99 Å². The number of guanidine groups is 1. The van der Waals surface area contributed by atoms with Crippen LogP contribution < -0.4 is 20.1 Å². The van der Waals surface area contributed by atoms with E-state index in [0.717, 1.165) is 35.6 Å². The summed E-state index contributed by atoms with van der Waals surface area (Å²) in [5, 5.41) is 7.08. The fourth-order valence-electron chi connectivity index (χ4n) is 4.63. The molecule has 0 unspecified atom stereocenters. The number of nitrogens with one attached hydrogen (secondary N) is 2. The van der Waals surface area contributed by atoms with Crippen molar-refractivity contribution in [3.63, 3.8) is 0 Å². The SMILES string of the molecule is CCNC(=NCc1ccc(OC)c(OCC)c1)NC1CCN(C2CCCCC2)CC1.I. The van der Waals surface area contributed by atoms with Crippen molar-refractivity contribution >= 4 is 29.9 Å². The number of piperidine rings is 1. The lowest BCUT2D eigenvalue weighted by atomic mass is 9.92. The highest BCUT2D eigenvalue weighted by Crippen LogP contribution is 2.28. The van der Waals surface area contributed by atoms with Gasteiger partial charge in [-0.05, 0) is 57.2 Å². The molecule has 0 atom stereocenters. The van der Waals surface area contributed by atoms with Gasteiger partial charge in [0, 0.05) is 31.7 Å². The highest BCUT2D eigenvalue weighted by molar-refractivity contribution is 14.0. The van der Waals surface area contributed by atoms with Gasteiger partial charge in [-0.25, -0.2) is 4.99 Å². The number of halogens is 1. The van der Waals surface area contributed by atoms with Gasteiger partial charge in [0.05, 0.1) is 20.3 Å². The largest absolute Gasteiger partial charge is 0.493 e. The number of rotatable bonds is 8. The molecule has 1 aliphatic carbocycles. The summed E-state index contributed by atoms with van der Waals surface area (Å²) in [4.78, 5) is 7.56. The molecule has 1 heterocycles. The molecule has 31 heavy (non-hydrogen) atoms. The first kappa shape index (κ1) is 26.0. The van der Waals surface area contributed by atoms with Gasteiger partial charge in [0.25, 0.3) is 0 Å². The van der Waals surface area contributed by atoms with Gasteiger partial charge >= 0.3 is 0 Å². The van der Waals surface area contributed by atoms with Crippen molar-refractivity contribution in [3.05, 3.63) is 23.8 Å². The first-order valence-electron chi connectivity index (χ1n) is 11.8. The minimum Gasteiger partial charge on any atom is -0.493 e. The predicted octanol–water partition coefficient (Wildman–Crippen LogP) is 4.56. The second-order valence-electron chi connectivity index (χ2n) is 8.36. The lowest BCUT2D eigenvalue weighted by Crippen LogP contribution is -2.50. The van der Waals surface area contributed by atoms with E-state index in [1.54, 1.807) is 7.11 Å². The Labute approximate surface area is 205 Å². The van der Waals surface area contributed by atoms with E-state index in [1.807, 2.05) is 19.1 Å². The van der Waals surface area contributed by atoms with Crippen LogP contribution in [0.25, 0.3) is 0 Å². The maximum absolute atomic E-state index is 5.69. The fraction of sp³-hybridized carbons (Fsp3) is 0.708. The molecule has 2 aliphatic rings. The summed E-state index contributed by atoms with van der Waals surface area (Å²) >= 11 is 0. The molecule has 0 amide bonds. The number of methoxy groups -OCH3 is 1. The Morgan fingerprint density at radius 1 is 1.06 bits per heavy atom. The number of ether oxygens (including phenoxy) is 2. The summed E-state index contributed by atoms with van der Waals surface area (Å²) in [6.45, 7) is 8.60. The maximum Gasteiger partial charge on any atom is 0.191 e. The van der Waals surface area contributed by atoms with E-state index in [4.69, 9.17) is 14.5 Å². The van der Waals surface area contributed by atoms with Crippen LogP contribution in [0.15, 0.2) is 23.2 Å². The number of benzene rings is 1. The number of likely N-dealkylation sites (tertiary alicyclic amines) is 1. The Morgan fingerprint density at radius 2 is 1.81 bits per heavy atom. The summed E-state index contributed by atoms with van der Waals surface area (Å²) in [6.07, 6.45) is 9.43. The van der Waals surface area contributed by atoms with E-state index in [9.17, 15) is 0 Å². The Morgan fingerprint density at radius 3 is 2.45 bits per heavy atom. The van der Waals surface area contributed by atoms with Gasteiger partial charge in [-0.3, -0.25) is 0 Å². The van der Waals surface area contributed by atoms with Gasteiger partial charge in [0.15, 0.2) is 17.5 Å². The number of aliphatic imine (C=N–C) groups is 1. The van der Waals surface area contributed by atoms with Crippen molar-refractivity contribution in [3.8, 4) is 11.5 Å². The molecular weight excluding hydrogens is 503 g/mol. The first-order chi connectivity index (χ1) is 14.7. The molecule has 3 rings (SSSR count). The average Bonchev–Trinajstić information content (AvgIpc) is 2.79. The third-order valence-corrected chi connectivity index (χ3v) is 6.25. The molecule has 7 heteroatoms. The van der Waals surface area contributed by atoms with E-state index in [1.165, 1.54) is 58.0 Å². The third kappa shape index (κ3) is 8.00. The smallest absolute Gasteiger partial charge is 0.191 e. The van der Waals surface area contributed by atoms with Crippen LogP contribution in [0, 0.1) is 0 Å². The van der Waals surface area contributed by atoms with Gasteiger partial charge in [-0.15, -0.1) is 24.0 Å². The highest BCUT2D eigenvalue weighted by Gasteiger charge is 2.26. The molecular formula is C24H41IN4O2. The minimum atomic E-state index is 0. The zero-order valence-corrected chi connectivity index (χ0v) is 21.8. The van der Waals surface area contributed by atoms with E-state index >= 15 is 0 Å². The van der Waals surface area contributed by atoms with Crippen LogP contribution in [0.4, 0.5) is 0 Å². The van der Waals surface area contributed by atoms with Gasteiger partial charge in [0.2, 0.25) is 0 Å². The molecule has 0 aromatic heterocycles. The third-order valence-electron chi connectivity index (χ3n) is 6.25. The van der Waals surface area contributed by atoms with Crippen LogP contribution >= 0.6 is 24.0 Å². The van der Waals surface area contributed by atoms with Crippen LogP contribution in [-0.2, 0) is 6.54 Å². The second kappa shape index (κ2) is 14.0. The predicted molar refractivity (Wildman–Crippen MR) is 139 cm³/mol. The molecule has 1 saturated heterocycles. The standard InChI is InChI=1S/C24H40N4O2.HI/c1-4-25-24(26-18-19-11-12-22(29-3)23(17-19)30-5-2)27-20-13-15-28(16-14-20)21-9-7-6-8-10-21;/h11-12,17,20-21H,4-10,13-16,18H2,1-3H3,(H2,25,26,27);1H. The minimum absolute atomic E-state index is 0. The quantitative estimate of drug-likeness (QED) is 0.286. The van der Waals surface area contributed by atoms with Crippen LogP contribution in [0.5, 0.6) is 11.5 Å². The lowest BCUT2D eigenvalue weighted by molar-refractivity contribution is 0.119. The Bertz CT molecular complexity index is 672. The number of hydrogen-bond donors (Lipinski definition) is 2. The lowest BCUT2D eigenvalue weighted by Gasteiger charge is -2.39. The Hall–Kier alpha value is -1.22. The van der Waals surface area contributed by atoms with Crippen molar-refractivity contribution in [2.75, 3.05) is 33.4 Å². The summed E-state index contributed by atoms with van der Waals surface area (Å²) in [6, 6.07) is 7.36. The maximum atomic E-state index is 5.69. The van der Waals surface area contributed by atoms with Crippen molar-refractivity contribution in [1.82, 2.24) is 15.5 Å². The molecule has 1 saturated carbocycles. The molecule has 1 aromatic rings. The summed E-state index contributed by atoms with van der Waals surface area (Å²) in [5.74, 6) is 2.45. The molecule has 0 bridgehead atoms. The van der Waals surface area contributed by atoms with Gasteiger partial charge in [-0.2, -0.15) is 0 Å². The van der Waals surface area contributed by atoms with Gasteiger partial charge < -0.3 is 25.0 Å². The number of hydrogen-bond acceptors (Lipinski definition) is 4. The zero-order chi connectivity index (χ0) is 21.2. The second-order valence-corrected chi connectivity index (χ2v) is 8.36. The number of nitrogens with zero attached hydrogens (tertiary/aromatic N) is 2. The van der Waals surface area contributed by atoms with E-state index in [-0.39, 0.29) is 24.0 Å². The van der Waals surface area contributed by atoms with E-state index in [0.29, 0.717) is 19.2 Å². The molecule has 1 aliphatic heterocycles. The molecule has 176 valence electrons. The Balaban J connectivity index is 0.00000341. The molecule has 1 aromatic carbocycles. The highest BCUT2D eigenvalue weighted by atomic mass is 127. The van der Waals surface area contributed by atoms with Crippen LogP contribution in [0.2, 0.25) is 0 Å². The summed E-state index contributed by atoms with van der Waals surface area (Å²) in [5.41, 5.74) is 1.11. The average molecular weight is 545 g/mol. The van der Waals surface area contributed by atoms with E-state index in [2.05, 4.69) is 28.5 Å². The summed E-state index contributed by atoms with van der Waals surface area (Å²) in [7, 11) is 1.67. The van der Waals surface area contributed by atoms with Crippen molar-refractivity contribution in [2.45, 2.75) is 77.4 Å². The van der Waals surface area contributed by atoms with Gasteiger partial charge in [0.1, 0.15) is 0 Å². The van der Waals surface area contributed by atoms with Crippen LogP contribution in [0.1, 0.15) is 64.4 Å². The normalized spacial score (nSPS) is 18.9. The van der Waals surface area contributed by atoms with Crippen LogP contribution in [0.3, 0.4) is 0 Å². The van der Waals surface area contributed by atoms with Crippen LogP contribution in [-0.4, -0.2) is 56.3 Å².